The molecule has 0 spiro atoms. The molecule has 0 unspecified atom stereocenters. The molecule has 0 aliphatic heterocycles. The van der Waals surface area contributed by atoms with E-state index in [0.29, 0.717) is 22.5 Å². The third kappa shape index (κ3) is 4.77. The Morgan fingerprint density at radius 3 is 2.45 bits per heavy atom. The highest BCUT2D eigenvalue weighted by Crippen LogP contribution is 2.23. The fourth-order valence-corrected chi connectivity index (χ4v) is 3.53. The quantitative estimate of drug-likeness (QED) is 0.325. The number of Topliss-reactive ketones (excluding diaryl/α,β-unsaturated/α-hetero) is 1. The number of hydrogen-bond acceptors (Lipinski definition) is 5. The van der Waals surface area contributed by atoms with Crippen LogP contribution in [-0.2, 0) is 23.6 Å². The van der Waals surface area contributed by atoms with Crippen molar-refractivity contribution in [2.45, 2.75) is 20.8 Å². The molecule has 0 amide bonds. The normalized spacial score (nSPS) is 11.2. The van der Waals surface area contributed by atoms with Crippen LogP contribution in [-0.4, -0.2) is 32.1 Å². The van der Waals surface area contributed by atoms with Gasteiger partial charge in [0.05, 0.1) is 5.56 Å². The van der Waals surface area contributed by atoms with Crippen LogP contribution in [0.1, 0.15) is 32.9 Å². The molecule has 0 saturated heterocycles. The van der Waals surface area contributed by atoms with Gasteiger partial charge >= 0.3 is 11.7 Å². The Morgan fingerprint density at radius 2 is 1.79 bits per heavy atom. The molecule has 0 N–H and O–H groups in total. The minimum Gasteiger partial charge on any atom is -0.454 e. The zero-order valence-corrected chi connectivity index (χ0v) is 19.0. The number of carbonyl (C=O) groups excluding carboxylic acids is 2. The highest BCUT2D eigenvalue weighted by molar-refractivity contribution is 6.00. The van der Waals surface area contributed by atoms with Crippen molar-refractivity contribution in [2.75, 3.05) is 6.61 Å². The van der Waals surface area contributed by atoms with E-state index in [1.165, 1.54) is 37.0 Å². The predicted molar refractivity (Wildman–Crippen MR) is 121 cm³/mol. The minimum atomic E-state index is -0.811. The Labute approximate surface area is 189 Å². The van der Waals surface area contributed by atoms with E-state index in [4.69, 9.17) is 4.74 Å². The van der Waals surface area contributed by atoms with Crippen molar-refractivity contribution in [3.63, 3.8) is 0 Å². The lowest BCUT2D eigenvalue weighted by Gasteiger charge is -2.11. The van der Waals surface area contributed by atoms with Crippen molar-refractivity contribution in [2.24, 2.45) is 14.1 Å². The number of nitrogens with zero attached hydrogens (tertiary/aromatic N) is 3. The zero-order chi connectivity index (χ0) is 24.4. The maximum atomic E-state index is 14.0. The number of ketones is 1. The zero-order valence-electron chi connectivity index (χ0n) is 19.0. The fourth-order valence-electron chi connectivity index (χ4n) is 3.53. The number of benzene rings is 1. The monoisotopic (exact) mass is 453 g/mol. The largest absolute Gasteiger partial charge is 0.454 e. The molecule has 172 valence electrons. The summed E-state index contributed by atoms with van der Waals surface area (Å²) in [5.74, 6) is -1.57. The molecule has 0 fully saturated rings. The highest BCUT2D eigenvalue weighted by Gasteiger charge is 2.18. The predicted octanol–water partition coefficient (Wildman–Crippen LogP) is 2.38. The number of halogens is 1. The third-order valence-electron chi connectivity index (χ3n) is 5.36. The molecular weight excluding hydrogens is 429 g/mol. The number of aryl methyl sites for hydroxylation is 3. The molecular formula is C24H24FN3O5. The fraction of sp³-hybridized carbons (Fsp3) is 0.250. The van der Waals surface area contributed by atoms with Gasteiger partial charge in [0.2, 0.25) is 5.78 Å². The second-order valence-corrected chi connectivity index (χ2v) is 7.76. The average molecular weight is 453 g/mol. The van der Waals surface area contributed by atoms with E-state index >= 15 is 0 Å². The van der Waals surface area contributed by atoms with Crippen molar-refractivity contribution in [1.82, 2.24) is 13.7 Å². The van der Waals surface area contributed by atoms with Crippen molar-refractivity contribution in [1.29, 1.82) is 0 Å². The Balaban J connectivity index is 1.73. The van der Waals surface area contributed by atoms with Gasteiger partial charge in [-0.25, -0.2) is 14.0 Å². The maximum absolute atomic E-state index is 14.0. The van der Waals surface area contributed by atoms with Gasteiger partial charge in [-0.2, -0.15) is 0 Å². The minimum absolute atomic E-state index is 0.122. The third-order valence-corrected chi connectivity index (χ3v) is 5.36. The van der Waals surface area contributed by atoms with E-state index in [1.54, 1.807) is 43.5 Å². The lowest BCUT2D eigenvalue weighted by molar-refractivity contribution is -0.136. The van der Waals surface area contributed by atoms with Crippen molar-refractivity contribution < 1.29 is 18.7 Å². The second-order valence-electron chi connectivity index (χ2n) is 7.76. The molecule has 0 aliphatic carbocycles. The maximum Gasteiger partial charge on any atom is 0.331 e. The van der Waals surface area contributed by atoms with Crippen LogP contribution in [0.25, 0.3) is 11.8 Å². The molecule has 0 bridgehead atoms. The van der Waals surface area contributed by atoms with Gasteiger partial charge in [0.25, 0.3) is 5.56 Å². The molecule has 2 aromatic heterocycles. The van der Waals surface area contributed by atoms with E-state index in [-0.39, 0.29) is 11.4 Å². The molecule has 8 nitrogen and oxygen atoms in total. The average Bonchev–Trinajstić information content (AvgIpc) is 3.08. The van der Waals surface area contributed by atoms with Gasteiger partial charge in [-0.15, -0.1) is 0 Å². The van der Waals surface area contributed by atoms with Crippen molar-refractivity contribution in [3.8, 4) is 5.69 Å². The van der Waals surface area contributed by atoms with Gasteiger partial charge < -0.3 is 13.9 Å². The van der Waals surface area contributed by atoms with Gasteiger partial charge in [-0.05, 0) is 50.6 Å². The van der Waals surface area contributed by atoms with Gasteiger partial charge in [0.15, 0.2) is 6.61 Å². The first-order valence-electron chi connectivity index (χ1n) is 10.1. The Morgan fingerprint density at radius 1 is 1.09 bits per heavy atom. The van der Waals surface area contributed by atoms with Crippen molar-refractivity contribution in [3.05, 3.63) is 91.3 Å². The first kappa shape index (κ1) is 23.6. The Bertz CT molecular complexity index is 1410. The number of carbonyl (C=O) groups is 2. The summed E-state index contributed by atoms with van der Waals surface area (Å²) in [6.07, 6.45) is 3.56. The van der Waals surface area contributed by atoms with E-state index < -0.39 is 29.6 Å². The number of aromatic nitrogens is 3. The molecule has 3 aromatic rings. The summed E-state index contributed by atoms with van der Waals surface area (Å²) in [5.41, 5.74) is 1.87. The van der Waals surface area contributed by atoms with Crippen molar-refractivity contribution >= 4 is 17.8 Å². The van der Waals surface area contributed by atoms with Crippen LogP contribution in [0.3, 0.4) is 0 Å². The van der Waals surface area contributed by atoms with Crippen LogP contribution in [0.4, 0.5) is 4.39 Å². The van der Waals surface area contributed by atoms with E-state index in [2.05, 4.69) is 0 Å². The summed E-state index contributed by atoms with van der Waals surface area (Å²) in [5, 5.41) is 0. The van der Waals surface area contributed by atoms with Gasteiger partial charge in [-0.3, -0.25) is 14.2 Å². The van der Waals surface area contributed by atoms with Gasteiger partial charge in [0, 0.05) is 49.0 Å². The SMILES string of the molecule is Cc1ccc(-n2c(C)cc(C(=O)COC(=O)/C=C/c3cn(C)c(=O)n(C)c3=O)c2C)cc1F. The van der Waals surface area contributed by atoms with Crippen LogP contribution in [0.5, 0.6) is 0 Å². The Hall–Kier alpha value is -4.01. The lowest BCUT2D eigenvalue weighted by atomic mass is 10.1. The van der Waals surface area contributed by atoms with Gasteiger partial charge in [0.1, 0.15) is 5.82 Å². The summed E-state index contributed by atoms with van der Waals surface area (Å²) in [6.45, 7) is 4.70. The summed E-state index contributed by atoms with van der Waals surface area (Å²) in [6, 6.07) is 6.49. The van der Waals surface area contributed by atoms with Crippen LogP contribution >= 0.6 is 0 Å². The smallest absolute Gasteiger partial charge is 0.331 e. The first-order chi connectivity index (χ1) is 15.5. The van der Waals surface area contributed by atoms with Crippen LogP contribution in [0.2, 0.25) is 0 Å². The number of esters is 1. The molecule has 3 rings (SSSR count). The molecule has 0 aliphatic rings. The molecule has 0 atom stereocenters. The molecule has 9 heteroatoms. The molecule has 0 saturated carbocycles. The summed E-state index contributed by atoms with van der Waals surface area (Å²) in [4.78, 5) is 48.5. The summed E-state index contributed by atoms with van der Waals surface area (Å²) in [7, 11) is 2.82. The van der Waals surface area contributed by atoms with E-state index in [0.717, 1.165) is 16.3 Å². The second kappa shape index (κ2) is 9.23. The molecule has 0 radical (unpaired) electrons. The summed E-state index contributed by atoms with van der Waals surface area (Å²) < 4.78 is 22.9. The Kier molecular flexibility index (Phi) is 6.62. The van der Waals surface area contributed by atoms with Gasteiger partial charge in [-0.1, -0.05) is 6.07 Å². The van der Waals surface area contributed by atoms with Crippen LogP contribution in [0, 0.1) is 26.6 Å². The van der Waals surface area contributed by atoms with Crippen LogP contribution in [0.15, 0.2) is 46.1 Å². The van der Waals surface area contributed by atoms with E-state index in [9.17, 15) is 23.6 Å². The number of hydrogen-bond donors (Lipinski definition) is 0. The number of rotatable bonds is 6. The number of ether oxygens (including phenoxy) is 1. The standard InChI is InChI=1S/C24H24FN3O5/c1-14-6-8-18(11-20(14)25)28-15(2)10-19(16(28)3)21(29)13-33-22(30)9-7-17-12-26(4)24(32)27(5)23(17)31/h6-12H,13H2,1-5H3/b9-7+. The topological polar surface area (TPSA) is 92.3 Å². The molecule has 1 aromatic carbocycles. The van der Waals surface area contributed by atoms with Crippen LogP contribution < -0.4 is 11.2 Å². The van der Waals surface area contributed by atoms with E-state index in [1.807, 2.05) is 0 Å². The summed E-state index contributed by atoms with van der Waals surface area (Å²) >= 11 is 0. The lowest BCUT2D eigenvalue weighted by Crippen LogP contribution is -2.37. The molecule has 33 heavy (non-hydrogen) atoms. The first-order valence-corrected chi connectivity index (χ1v) is 10.1. The molecule has 2 heterocycles. The highest BCUT2D eigenvalue weighted by atomic mass is 19.1.